The summed E-state index contributed by atoms with van der Waals surface area (Å²) in [7, 11) is 0. The zero-order chi connectivity index (χ0) is 13.1. The molecule has 3 N–H and O–H groups in total. The molecule has 0 saturated heterocycles. The Balaban J connectivity index is 1.83. The Morgan fingerprint density at radius 2 is 1.72 bits per heavy atom. The fourth-order valence-corrected chi connectivity index (χ4v) is 2.38. The van der Waals surface area contributed by atoms with Crippen molar-refractivity contribution in [1.29, 1.82) is 0 Å². The first-order valence-electron chi connectivity index (χ1n) is 6.53. The summed E-state index contributed by atoms with van der Waals surface area (Å²) in [5.41, 5.74) is 0. The van der Waals surface area contributed by atoms with E-state index in [4.69, 9.17) is 5.11 Å². The molecule has 2 amide bonds. The number of aliphatic hydroxyl groups excluding tert-OH is 1. The summed E-state index contributed by atoms with van der Waals surface area (Å²) in [6.45, 7) is -0.230. The van der Waals surface area contributed by atoms with Gasteiger partial charge in [-0.1, -0.05) is 0 Å². The second kappa shape index (κ2) is 5.56. The highest BCUT2D eigenvalue weighted by molar-refractivity contribution is 5.80. The molecule has 0 unspecified atom stereocenters. The number of hydrogen-bond acceptors (Lipinski definition) is 3. The summed E-state index contributed by atoms with van der Waals surface area (Å²) in [5, 5.41) is 21.1. The molecule has 2 aliphatic carbocycles. The van der Waals surface area contributed by atoms with E-state index in [1.54, 1.807) is 0 Å². The largest absolute Gasteiger partial charge is 0.480 e. The molecule has 2 saturated carbocycles. The summed E-state index contributed by atoms with van der Waals surface area (Å²) >= 11 is 0. The third kappa shape index (κ3) is 3.60. The molecule has 0 bridgehead atoms. The van der Waals surface area contributed by atoms with Gasteiger partial charge in [0.2, 0.25) is 0 Å². The van der Waals surface area contributed by atoms with E-state index in [-0.39, 0.29) is 30.8 Å². The lowest BCUT2D eigenvalue weighted by Crippen LogP contribution is -2.48. The summed E-state index contributed by atoms with van der Waals surface area (Å²) in [5.74, 6) is -0.976. The van der Waals surface area contributed by atoms with Crippen molar-refractivity contribution in [3.8, 4) is 0 Å². The number of hydrogen-bond donors (Lipinski definition) is 3. The Morgan fingerprint density at radius 1 is 1.11 bits per heavy atom. The molecule has 6 heteroatoms. The van der Waals surface area contributed by atoms with Crippen LogP contribution in [0.15, 0.2) is 0 Å². The zero-order valence-corrected chi connectivity index (χ0v) is 10.3. The number of aliphatic carboxylic acids is 1. The lowest BCUT2D eigenvalue weighted by molar-refractivity contribution is -0.137. The lowest BCUT2D eigenvalue weighted by atomic mass is 9.93. The maximum Gasteiger partial charge on any atom is 0.323 e. The number of carboxylic acid groups (broad SMARTS) is 1. The van der Waals surface area contributed by atoms with E-state index >= 15 is 0 Å². The fraction of sp³-hybridized carbons (Fsp3) is 0.833. The molecule has 0 aromatic carbocycles. The van der Waals surface area contributed by atoms with E-state index in [0.29, 0.717) is 12.8 Å². The molecular weight excluding hydrogens is 236 g/mol. The first-order valence-corrected chi connectivity index (χ1v) is 6.53. The maximum absolute atomic E-state index is 12.0. The van der Waals surface area contributed by atoms with E-state index in [0.717, 1.165) is 25.7 Å². The van der Waals surface area contributed by atoms with Gasteiger partial charge < -0.3 is 20.4 Å². The van der Waals surface area contributed by atoms with E-state index in [9.17, 15) is 14.7 Å². The highest BCUT2D eigenvalue weighted by atomic mass is 16.4. The minimum absolute atomic E-state index is 0.0657. The Bertz CT molecular complexity index is 322. The monoisotopic (exact) mass is 256 g/mol. The van der Waals surface area contributed by atoms with Crippen LogP contribution >= 0.6 is 0 Å². The normalized spacial score (nSPS) is 27.6. The van der Waals surface area contributed by atoms with Crippen molar-refractivity contribution in [2.24, 2.45) is 0 Å². The Kier molecular flexibility index (Phi) is 4.06. The highest BCUT2D eigenvalue weighted by Crippen LogP contribution is 2.27. The van der Waals surface area contributed by atoms with Gasteiger partial charge in [-0.2, -0.15) is 0 Å². The minimum atomic E-state index is -0.976. The molecular formula is C12H20N2O4. The van der Waals surface area contributed by atoms with Crippen molar-refractivity contribution in [2.75, 3.05) is 6.54 Å². The molecule has 0 atom stereocenters. The first kappa shape index (κ1) is 13.1. The van der Waals surface area contributed by atoms with Gasteiger partial charge in [0.1, 0.15) is 6.54 Å². The van der Waals surface area contributed by atoms with Crippen LogP contribution in [0.3, 0.4) is 0 Å². The van der Waals surface area contributed by atoms with E-state index in [2.05, 4.69) is 5.32 Å². The van der Waals surface area contributed by atoms with Gasteiger partial charge >= 0.3 is 12.0 Å². The number of carboxylic acids is 1. The molecule has 2 aliphatic rings. The topological polar surface area (TPSA) is 89.9 Å². The Labute approximate surface area is 106 Å². The predicted octanol–water partition coefficient (Wildman–Crippen LogP) is 0.548. The van der Waals surface area contributed by atoms with Crippen LogP contribution in [0.1, 0.15) is 38.5 Å². The number of amides is 2. The summed E-state index contributed by atoms with van der Waals surface area (Å²) < 4.78 is 0. The van der Waals surface area contributed by atoms with Crippen molar-refractivity contribution in [1.82, 2.24) is 10.2 Å². The number of carbonyl (C=O) groups excluding carboxylic acids is 1. The van der Waals surface area contributed by atoms with E-state index in [1.165, 1.54) is 4.90 Å². The van der Waals surface area contributed by atoms with Gasteiger partial charge in [0.05, 0.1) is 6.10 Å². The van der Waals surface area contributed by atoms with E-state index < -0.39 is 5.97 Å². The third-order valence-electron chi connectivity index (χ3n) is 3.58. The standard InChI is InChI=1S/C12H20N2O4/c15-10-5-1-8(2-6-10)13-12(18)14(7-11(16)17)9-3-4-9/h8-10,15H,1-7H2,(H,13,18)(H,16,17). The van der Waals surface area contributed by atoms with Crippen LogP contribution in [0.5, 0.6) is 0 Å². The summed E-state index contributed by atoms with van der Waals surface area (Å²) in [6.07, 6.45) is 4.46. The minimum Gasteiger partial charge on any atom is -0.480 e. The number of urea groups is 1. The number of carbonyl (C=O) groups is 2. The van der Waals surface area contributed by atoms with Gasteiger partial charge in [0, 0.05) is 12.1 Å². The van der Waals surface area contributed by atoms with Crippen LogP contribution in [0.2, 0.25) is 0 Å². The molecule has 0 aromatic rings. The van der Waals surface area contributed by atoms with Crippen LogP contribution < -0.4 is 5.32 Å². The van der Waals surface area contributed by atoms with Crippen molar-refractivity contribution in [2.45, 2.75) is 56.7 Å². The molecule has 2 rings (SSSR count). The van der Waals surface area contributed by atoms with Crippen LogP contribution in [-0.4, -0.2) is 51.8 Å². The van der Waals surface area contributed by atoms with E-state index in [1.807, 2.05) is 0 Å². The lowest BCUT2D eigenvalue weighted by Gasteiger charge is -2.29. The highest BCUT2D eigenvalue weighted by Gasteiger charge is 2.35. The first-order chi connectivity index (χ1) is 8.56. The third-order valence-corrected chi connectivity index (χ3v) is 3.58. The zero-order valence-electron chi connectivity index (χ0n) is 10.3. The molecule has 0 heterocycles. The quantitative estimate of drug-likeness (QED) is 0.685. The SMILES string of the molecule is O=C(O)CN(C(=O)NC1CCC(O)CC1)C1CC1. The fourth-order valence-electron chi connectivity index (χ4n) is 2.38. The van der Waals surface area contributed by atoms with Gasteiger partial charge in [-0.15, -0.1) is 0 Å². The van der Waals surface area contributed by atoms with Gasteiger partial charge in [0.25, 0.3) is 0 Å². The smallest absolute Gasteiger partial charge is 0.323 e. The summed E-state index contributed by atoms with van der Waals surface area (Å²) in [4.78, 5) is 24.1. The second-order valence-corrected chi connectivity index (χ2v) is 5.21. The van der Waals surface area contributed by atoms with Gasteiger partial charge in [-0.3, -0.25) is 4.79 Å². The van der Waals surface area contributed by atoms with Crippen molar-refractivity contribution < 1.29 is 19.8 Å². The molecule has 6 nitrogen and oxygen atoms in total. The predicted molar refractivity (Wildman–Crippen MR) is 64.2 cm³/mol. The van der Waals surface area contributed by atoms with Crippen LogP contribution in [0.25, 0.3) is 0 Å². The van der Waals surface area contributed by atoms with Crippen LogP contribution in [-0.2, 0) is 4.79 Å². The molecule has 18 heavy (non-hydrogen) atoms. The second-order valence-electron chi connectivity index (χ2n) is 5.21. The van der Waals surface area contributed by atoms with Crippen molar-refractivity contribution >= 4 is 12.0 Å². The maximum atomic E-state index is 12.0. The van der Waals surface area contributed by atoms with Gasteiger partial charge in [0.15, 0.2) is 0 Å². The summed E-state index contributed by atoms with van der Waals surface area (Å²) in [6, 6.07) is -0.118. The van der Waals surface area contributed by atoms with Crippen molar-refractivity contribution in [3.63, 3.8) is 0 Å². The van der Waals surface area contributed by atoms with Crippen molar-refractivity contribution in [3.05, 3.63) is 0 Å². The average Bonchev–Trinajstić information content (AvgIpc) is 3.12. The molecule has 0 aromatic heterocycles. The van der Waals surface area contributed by atoms with Crippen LogP contribution in [0, 0.1) is 0 Å². The molecule has 102 valence electrons. The number of nitrogens with one attached hydrogen (secondary N) is 1. The van der Waals surface area contributed by atoms with Gasteiger partial charge in [-0.25, -0.2) is 4.79 Å². The number of rotatable bonds is 4. The molecule has 0 spiro atoms. The van der Waals surface area contributed by atoms with Gasteiger partial charge in [-0.05, 0) is 38.5 Å². The molecule has 0 aliphatic heterocycles. The van der Waals surface area contributed by atoms with Crippen LogP contribution in [0.4, 0.5) is 4.79 Å². The average molecular weight is 256 g/mol. The molecule has 0 radical (unpaired) electrons. The number of nitrogens with zero attached hydrogens (tertiary/aromatic N) is 1. The molecule has 2 fully saturated rings. The number of aliphatic hydroxyl groups is 1. The Morgan fingerprint density at radius 3 is 2.22 bits per heavy atom. The Hall–Kier alpha value is -1.30.